The maximum absolute atomic E-state index is 12.8. The van der Waals surface area contributed by atoms with Crippen LogP contribution in [0.5, 0.6) is 0 Å². The van der Waals surface area contributed by atoms with Gasteiger partial charge >= 0.3 is 0 Å². The van der Waals surface area contributed by atoms with Gasteiger partial charge in [0.25, 0.3) is 0 Å². The van der Waals surface area contributed by atoms with Gasteiger partial charge in [-0.25, -0.2) is 17.5 Å². The van der Waals surface area contributed by atoms with E-state index in [1.807, 2.05) is 6.92 Å². The normalized spacial score (nSPS) is 23.0. The lowest BCUT2D eigenvalue weighted by atomic mass is 10.0. The molecule has 0 spiro atoms. The summed E-state index contributed by atoms with van der Waals surface area (Å²) in [6.45, 7) is 3.70. The Labute approximate surface area is 111 Å². The standard InChI is InChI=1S/C12H15FN2O3S/c1-9-7-12(2,18-15-9)8-14-19(16,17)11-5-3-10(13)4-6-11/h3-6,14H,7-8H2,1-2H3/t12-/m0/s1. The highest BCUT2D eigenvalue weighted by Gasteiger charge is 2.34. The van der Waals surface area contributed by atoms with Crippen molar-refractivity contribution in [2.24, 2.45) is 5.16 Å². The first kappa shape index (κ1) is 14.0. The fourth-order valence-electron chi connectivity index (χ4n) is 1.83. The molecule has 1 heterocycles. The van der Waals surface area contributed by atoms with Crippen LogP contribution in [-0.4, -0.2) is 26.3 Å². The fraction of sp³-hybridized carbons (Fsp3) is 0.417. The molecule has 0 bridgehead atoms. The fourth-order valence-corrected chi connectivity index (χ4v) is 2.99. The Morgan fingerprint density at radius 2 is 2.05 bits per heavy atom. The van der Waals surface area contributed by atoms with Gasteiger partial charge in [0.2, 0.25) is 10.0 Å². The number of rotatable bonds is 4. The summed E-state index contributed by atoms with van der Waals surface area (Å²) in [5.74, 6) is -0.478. The second-order valence-electron chi connectivity index (χ2n) is 4.82. The summed E-state index contributed by atoms with van der Waals surface area (Å²) < 4.78 is 39.2. The molecule has 104 valence electrons. The van der Waals surface area contributed by atoms with E-state index in [2.05, 4.69) is 9.88 Å². The van der Waals surface area contributed by atoms with Crippen molar-refractivity contribution >= 4 is 15.7 Å². The molecule has 5 nitrogen and oxygen atoms in total. The van der Waals surface area contributed by atoms with Crippen molar-refractivity contribution in [1.29, 1.82) is 0 Å². The van der Waals surface area contributed by atoms with Crippen molar-refractivity contribution in [3.63, 3.8) is 0 Å². The smallest absolute Gasteiger partial charge is 0.240 e. The van der Waals surface area contributed by atoms with Crippen molar-refractivity contribution in [2.75, 3.05) is 6.54 Å². The van der Waals surface area contributed by atoms with Gasteiger partial charge in [0.05, 0.1) is 17.2 Å². The summed E-state index contributed by atoms with van der Waals surface area (Å²) in [4.78, 5) is 5.23. The molecule has 19 heavy (non-hydrogen) atoms. The second kappa shape index (κ2) is 4.90. The molecule has 0 fully saturated rings. The Balaban J connectivity index is 2.04. The monoisotopic (exact) mass is 286 g/mol. The molecule has 0 amide bonds. The van der Waals surface area contributed by atoms with Gasteiger partial charge in [-0.05, 0) is 38.1 Å². The van der Waals surface area contributed by atoms with Crippen LogP contribution in [0.1, 0.15) is 20.3 Å². The number of halogens is 1. The van der Waals surface area contributed by atoms with Gasteiger partial charge in [0.15, 0.2) is 5.60 Å². The highest BCUT2D eigenvalue weighted by atomic mass is 32.2. The minimum absolute atomic E-state index is 0.0214. The molecular formula is C12H15FN2O3S. The molecule has 0 aliphatic carbocycles. The lowest BCUT2D eigenvalue weighted by molar-refractivity contribution is 0.00146. The average molecular weight is 286 g/mol. The highest BCUT2D eigenvalue weighted by Crippen LogP contribution is 2.23. The predicted molar refractivity (Wildman–Crippen MR) is 68.8 cm³/mol. The Kier molecular flexibility index (Phi) is 3.60. The topological polar surface area (TPSA) is 67.8 Å². The van der Waals surface area contributed by atoms with Crippen LogP contribution >= 0.6 is 0 Å². The van der Waals surface area contributed by atoms with E-state index < -0.39 is 21.4 Å². The molecule has 1 atom stereocenters. The third-order valence-corrected chi connectivity index (χ3v) is 4.23. The highest BCUT2D eigenvalue weighted by molar-refractivity contribution is 7.89. The molecule has 1 aliphatic heterocycles. The molecule has 0 unspecified atom stereocenters. The number of nitrogens with one attached hydrogen (secondary N) is 1. The van der Waals surface area contributed by atoms with Gasteiger partial charge in [0.1, 0.15) is 5.82 Å². The molecule has 1 N–H and O–H groups in total. The SMILES string of the molecule is CC1=NO[C@](C)(CNS(=O)(=O)c2ccc(F)cc2)C1. The van der Waals surface area contributed by atoms with Gasteiger partial charge in [-0.3, -0.25) is 0 Å². The number of nitrogens with zero attached hydrogens (tertiary/aromatic N) is 1. The zero-order valence-electron chi connectivity index (χ0n) is 10.7. The average Bonchev–Trinajstić information content (AvgIpc) is 2.68. The van der Waals surface area contributed by atoms with Gasteiger partial charge < -0.3 is 4.84 Å². The first-order valence-corrected chi connectivity index (χ1v) is 7.26. The van der Waals surface area contributed by atoms with E-state index in [0.717, 1.165) is 17.8 Å². The molecule has 1 aliphatic rings. The van der Waals surface area contributed by atoms with Crippen LogP contribution < -0.4 is 4.72 Å². The summed E-state index contributed by atoms with van der Waals surface area (Å²) in [6, 6.07) is 4.65. The van der Waals surface area contributed by atoms with E-state index in [4.69, 9.17) is 4.84 Å². The Hall–Kier alpha value is -1.47. The van der Waals surface area contributed by atoms with Gasteiger partial charge in [0, 0.05) is 6.42 Å². The van der Waals surface area contributed by atoms with Crippen LogP contribution in [-0.2, 0) is 14.9 Å². The molecule has 0 radical (unpaired) electrons. The van der Waals surface area contributed by atoms with Crippen LogP contribution in [0.15, 0.2) is 34.3 Å². The van der Waals surface area contributed by atoms with E-state index in [1.165, 1.54) is 12.1 Å². The summed E-state index contributed by atoms with van der Waals surface area (Å²) in [6.07, 6.45) is 0.568. The summed E-state index contributed by atoms with van der Waals surface area (Å²) in [5.41, 5.74) is 0.153. The molecule has 0 saturated carbocycles. The van der Waals surface area contributed by atoms with Gasteiger partial charge in [-0.15, -0.1) is 0 Å². The minimum Gasteiger partial charge on any atom is -0.388 e. The van der Waals surface area contributed by atoms with Crippen LogP contribution in [0.2, 0.25) is 0 Å². The largest absolute Gasteiger partial charge is 0.388 e. The van der Waals surface area contributed by atoms with E-state index in [0.29, 0.717) is 6.42 Å². The lowest BCUT2D eigenvalue weighted by Gasteiger charge is -2.21. The lowest BCUT2D eigenvalue weighted by Crippen LogP contribution is -2.40. The maximum atomic E-state index is 12.8. The third kappa shape index (κ3) is 3.30. The van der Waals surface area contributed by atoms with E-state index in [9.17, 15) is 12.8 Å². The summed E-state index contributed by atoms with van der Waals surface area (Å²) >= 11 is 0. The molecule has 2 rings (SSSR count). The van der Waals surface area contributed by atoms with Crippen LogP contribution in [0.4, 0.5) is 4.39 Å². The Bertz CT molecular complexity index is 598. The third-order valence-electron chi connectivity index (χ3n) is 2.81. The van der Waals surface area contributed by atoms with Crippen molar-refractivity contribution < 1.29 is 17.6 Å². The minimum atomic E-state index is -3.67. The Morgan fingerprint density at radius 3 is 2.58 bits per heavy atom. The van der Waals surface area contributed by atoms with Crippen LogP contribution in [0.25, 0.3) is 0 Å². The summed E-state index contributed by atoms with van der Waals surface area (Å²) in [7, 11) is -3.67. The van der Waals surface area contributed by atoms with Crippen LogP contribution in [0.3, 0.4) is 0 Å². The quantitative estimate of drug-likeness (QED) is 0.915. The molecule has 0 aromatic heterocycles. The van der Waals surface area contributed by atoms with Crippen molar-refractivity contribution in [2.45, 2.75) is 30.8 Å². The van der Waals surface area contributed by atoms with Gasteiger partial charge in [-0.1, -0.05) is 5.16 Å². The first-order chi connectivity index (χ1) is 8.81. The molecule has 7 heteroatoms. The molecule has 0 saturated heterocycles. The molecular weight excluding hydrogens is 271 g/mol. The first-order valence-electron chi connectivity index (χ1n) is 5.78. The van der Waals surface area contributed by atoms with Crippen molar-refractivity contribution in [3.05, 3.63) is 30.1 Å². The van der Waals surface area contributed by atoms with Crippen molar-refractivity contribution in [3.8, 4) is 0 Å². The zero-order chi connectivity index (χ0) is 14.1. The number of oxime groups is 1. The van der Waals surface area contributed by atoms with Gasteiger partial charge in [-0.2, -0.15) is 0 Å². The predicted octanol–water partition coefficient (Wildman–Crippen LogP) is 1.66. The number of benzene rings is 1. The molecule has 1 aromatic rings. The Morgan fingerprint density at radius 1 is 1.42 bits per heavy atom. The number of hydrogen-bond donors (Lipinski definition) is 1. The van der Waals surface area contributed by atoms with E-state index in [-0.39, 0.29) is 11.4 Å². The second-order valence-corrected chi connectivity index (χ2v) is 6.59. The number of sulfonamides is 1. The zero-order valence-corrected chi connectivity index (χ0v) is 11.5. The maximum Gasteiger partial charge on any atom is 0.240 e. The van der Waals surface area contributed by atoms with Crippen molar-refractivity contribution in [1.82, 2.24) is 4.72 Å². The van der Waals surface area contributed by atoms with Crippen LogP contribution in [0, 0.1) is 5.82 Å². The number of hydrogen-bond acceptors (Lipinski definition) is 4. The van der Waals surface area contributed by atoms with E-state index >= 15 is 0 Å². The summed E-state index contributed by atoms with van der Waals surface area (Å²) in [5, 5.41) is 3.81. The van der Waals surface area contributed by atoms with E-state index in [1.54, 1.807) is 6.92 Å². The molecule has 1 aromatic carbocycles.